The summed E-state index contributed by atoms with van der Waals surface area (Å²) in [5, 5.41) is 10.4. The van der Waals surface area contributed by atoms with E-state index in [2.05, 4.69) is 36.5 Å². The van der Waals surface area contributed by atoms with Gasteiger partial charge in [-0.05, 0) is 56.4 Å². The van der Waals surface area contributed by atoms with Crippen LogP contribution in [0.2, 0.25) is 0 Å². The van der Waals surface area contributed by atoms with Crippen LogP contribution in [0.15, 0.2) is 24.3 Å². The maximum Gasteiger partial charge on any atom is 0.224 e. The summed E-state index contributed by atoms with van der Waals surface area (Å²) in [4.78, 5) is 24.1. The predicted octanol–water partition coefficient (Wildman–Crippen LogP) is 4.47. The Hall–Kier alpha value is -2.63. The van der Waals surface area contributed by atoms with E-state index in [1.165, 1.54) is 0 Å². The van der Waals surface area contributed by atoms with Crippen LogP contribution in [0.3, 0.4) is 0 Å². The lowest BCUT2D eigenvalue weighted by molar-refractivity contribution is -0.117. The molecule has 0 atom stereocenters. The van der Waals surface area contributed by atoms with Crippen LogP contribution in [0.1, 0.15) is 57.0 Å². The molecule has 0 aliphatic rings. The van der Waals surface area contributed by atoms with Gasteiger partial charge in [-0.25, -0.2) is 0 Å². The van der Waals surface area contributed by atoms with Crippen molar-refractivity contribution in [1.82, 2.24) is 9.78 Å². The van der Waals surface area contributed by atoms with Gasteiger partial charge in [-0.2, -0.15) is 5.10 Å². The van der Waals surface area contributed by atoms with E-state index in [9.17, 15) is 9.59 Å². The van der Waals surface area contributed by atoms with Gasteiger partial charge in [-0.15, -0.1) is 0 Å². The van der Waals surface area contributed by atoms with Crippen LogP contribution in [0.25, 0.3) is 0 Å². The Morgan fingerprint density at radius 2 is 1.68 bits per heavy atom. The number of hydrogen-bond acceptors (Lipinski definition) is 3. The van der Waals surface area contributed by atoms with E-state index in [0.29, 0.717) is 36.6 Å². The Balaban J connectivity index is 1.94. The molecule has 2 N–H and O–H groups in total. The Kier molecular flexibility index (Phi) is 7.79. The van der Waals surface area contributed by atoms with Crippen molar-refractivity contribution in [2.24, 2.45) is 5.92 Å². The van der Waals surface area contributed by atoms with Gasteiger partial charge in [-0.3, -0.25) is 14.3 Å². The molecule has 0 radical (unpaired) electrons. The average molecular weight is 385 g/mol. The zero-order valence-electron chi connectivity index (χ0n) is 17.6. The van der Waals surface area contributed by atoms with Crippen LogP contribution < -0.4 is 10.6 Å². The third kappa shape index (κ3) is 6.22. The molecule has 0 bridgehead atoms. The van der Waals surface area contributed by atoms with Gasteiger partial charge in [0, 0.05) is 36.5 Å². The largest absolute Gasteiger partial charge is 0.326 e. The van der Waals surface area contributed by atoms with Gasteiger partial charge in [0.2, 0.25) is 11.8 Å². The zero-order chi connectivity index (χ0) is 20.7. The number of aryl methyl sites for hydroxylation is 1. The average Bonchev–Trinajstić information content (AvgIpc) is 2.86. The summed E-state index contributed by atoms with van der Waals surface area (Å²) in [5.74, 6) is 0.460. The smallest absolute Gasteiger partial charge is 0.224 e. The molecule has 0 aliphatic carbocycles. The van der Waals surface area contributed by atoms with Gasteiger partial charge in [-0.1, -0.05) is 26.8 Å². The Morgan fingerprint density at radius 3 is 2.25 bits per heavy atom. The van der Waals surface area contributed by atoms with Crippen LogP contribution in [-0.4, -0.2) is 21.6 Å². The molecule has 6 heteroatoms. The van der Waals surface area contributed by atoms with Crippen molar-refractivity contribution in [1.29, 1.82) is 0 Å². The van der Waals surface area contributed by atoms with Crippen molar-refractivity contribution in [3.05, 3.63) is 41.2 Å². The van der Waals surface area contributed by atoms with Crippen molar-refractivity contribution < 1.29 is 9.59 Å². The van der Waals surface area contributed by atoms with Crippen LogP contribution in [-0.2, 0) is 22.6 Å². The lowest BCUT2D eigenvalue weighted by atomic mass is 10.1. The number of anilines is 2. The SMILES string of the molecule is CCCC(=O)Nc1cccc(NC(=O)CCc2c(C)nn(CC(C)C)c2C)c1. The van der Waals surface area contributed by atoms with E-state index in [1.807, 2.05) is 36.7 Å². The van der Waals surface area contributed by atoms with E-state index < -0.39 is 0 Å². The van der Waals surface area contributed by atoms with Crippen molar-refractivity contribution in [3.63, 3.8) is 0 Å². The first-order valence-electron chi connectivity index (χ1n) is 10.0. The molecular formula is C22H32N4O2. The Labute approximate surface area is 167 Å². The number of hydrogen-bond donors (Lipinski definition) is 2. The number of benzene rings is 1. The molecule has 0 aliphatic heterocycles. The maximum atomic E-state index is 12.4. The van der Waals surface area contributed by atoms with Crippen LogP contribution >= 0.6 is 0 Å². The molecule has 2 aromatic rings. The van der Waals surface area contributed by atoms with Crippen molar-refractivity contribution in [2.45, 2.75) is 66.8 Å². The first-order valence-corrected chi connectivity index (χ1v) is 10.0. The molecule has 1 heterocycles. The number of amides is 2. The molecular weight excluding hydrogens is 352 g/mol. The van der Waals surface area contributed by atoms with E-state index in [4.69, 9.17) is 0 Å². The second kappa shape index (κ2) is 10.1. The normalized spacial score (nSPS) is 10.9. The number of carbonyl (C=O) groups is 2. The molecule has 1 aromatic carbocycles. The van der Waals surface area contributed by atoms with Crippen molar-refractivity contribution >= 4 is 23.2 Å². The Morgan fingerprint density at radius 1 is 1.07 bits per heavy atom. The van der Waals surface area contributed by atoms with Gasteiger partial charge in [0.15, 0.2) is 0 Å². The molecule has 0 spiro atoms. The summed E-state index contributed by atoms with van der Waals surface area (Å²) in [7, 11) is 0. The van der Waals surface area contributed by atoms with E-state index in [0.717, 1.165) is 29.9 Å². The maximum absolute atomic E-state index is 12.4. The minimum atomic E-state index is -0.0487. The van der Waals surface area contributed by atoms with Crippen molar-refractivity contribution in [3.8, 4) is 0 Å². The molecule has 6 nitrogen and oxygen atoms in total. The van der Waals surface area contributed by atoms with E-state index >= 15 is 0 Å². The zero-order valence-corrected chi connectivity index (χ0v) is 17.6. The fourth-order valence-corrected chi connectivity index (χ4v) is 3.21. The van der Waals surface area contributed by atoms with Crippen LogP contribution in [0.4, 0.5) is 11.4 Å². The predicted molar refractivity (Wildman–Crippen MR) is 113 cm³/mol. The topological polar surface area (TPSA) is 76.0 Å². The molecule has 2 rings (SSSR count). The second-order valence-electron chi connectivity index (χ2n) is 7.65. The highest BCUT2D eigenvalue weighted by atomic mass is 16.2. The molecule has 2 amide bonds. The van der Waals surface area contributed by atoms with E-state index in [-0.39, 0.29) is 11.8 Å². The molecule has 28 heavy (non-hydrogen) atoms. The lowest BCUT2D eigenvalue weighted by Gasteiger charge is -2.09. The molecule has 152 valence electrons. The molecule has 0 unspecified atom stereocenters. The summed E-state index contributed by atoms with van der Waals surface area (Å²) >= 11 is 0. The quantitative estimate of drug-likeness (QED) is 0.670. The summed E-state index contributed by atoms with van der Waals surface area (Å²) in [6.07, 6.45) is 2.34. The Bertz CT molecular complexity index is 824. The summed E-state index contributed by atoms with van der Waals surface area (Å²) < 4.78 is 2.04. The molecule has 1 aromatic heterocycles. The van der Waals surface area contributed by atoms with Crippen LogP contribution in [0, 0.1) is 19.8 Å². The van der Waals surface area contributed by atoms with Crippen LogP contribution in [0.5, 0.6) is 0 Å². The van der Waals surface area contributed by atoms with Gasteiger partial charge >= 0.3 is 0 Å². The number of nitrogens with zero attached hydrogens (tertiary/aromatic N) is 2. The lowest BCUT2D eigenvalue weighted by Crippen LogP contribution is -2.14. The van der Waals surface area contributed by atoms with Gasteiger partial charge < -0.3 is 10.6 Å². The minimum absolute atomic E-state index is 0.0182. The third-order valence-corrected chi connectivity index (χ3v) is 4.58. The summed E-state index contributed by atoms with van der Waals surface area (Å²) in [5.41, 5.74) is 4.66. The summed E-state index contributed by atoms with van der Waals surface area (Å²) in [6.45, 7) is 11.3. The second-order valence-corrected chi connectivity index (χ2v) is 7.65. The standard InChI is InChI=1S/C22H32N4O2/c1-6-8-21(27)23-18-9-7-10-19(13-18)24-22(28)12-11-20-16(4)25-26(17(20)5)14-15(2)3/h7,9-10,13,15H,6,8,11-12,14H2,1-5H3,(H,23,27)(H,24,28). The monoisotopic (exact) mass is 384 g/mol. The number of rotatable bonds is 9. The van der Waals surface area contributed by atoms with Crippen molar-refractivity contribution in [2.75, 3.05) is 10.6 Å². The third-order valence-electron chi connectivity index (χ3n) is 4.58. The fourth-order valence-electron chi connectivity index (χ4n) is 3.21. The highest BCUT2D eigenvalue weighted by molar-refractivity contribution is 5.94. The number of aromatic nitrogens is 2. The van der Waals surface area contributed by atoms with E-state index in [1.54, 1.807) is 6.07 Å². The summed E-state index contributed by atoms with van der Waals surface area (Å²) in [6, 6.07) is 7.24. The highest BCUT2D eigenvalue weighted by Crippen LogP contribution is 2.18. The first kappa shape index (κ1) is 21.7. The highest BCUT2D eigenvalue weighted by Gasteiger charge is 2.14. The number of nitrogens with one attached hydrogen (secondary N) is 2. The van der Waals surface area contributed by atoms with Gasteiger partial charge in [0.1, 0.15) is 0 Å². The fraction of sp³-hybridized carbons (Fsp3) is 0.500. The molecule has 0 saturated heterocycles. The number of carbonyl (C=O) groups excluding carboxylic acids is 2. The van der Waals surface area contributed by atoms with Gasteiger partial charge in [0.05, 0.1) is 5.69 Å². The first-order chi connectivity index (χ1) is 13.3. The molecule has 0 fully saturated rings. The van der Waals surface area contributed by atoms with Gasteiger partial charge in [0.25, 0.3) is 0 Å². The minimum Gasteiger partial charge on any atom is -0.326 e. The molecule has 0 saturated carbocycles.